The third kappa shape index (κ3) is 11.6. The molecule has 71 heavy (non-hydrogen) atoms. The number of allylic oxidation sites excluding steroid dienone is 9. The Labute approximate surface area is 422 Å². The van der Waals surface area contributed by atoms with Crippen molar-refractivity contribution in [1.29, 1.82) is 0 Å². The maximum Gasteiger partial charge on any atom is 4.00 e. The first kappa shape index (κ1) is 59.4. The number of benzene rings is 3. The van der Waals surface area contributed by atoms with Crippen molar-refractivity contribution >= 4 is 22.5 Å². The smallest absolute Gasteiger partial charge is 0.611 e. The van der Waals surface area contributed by atoms with E-state index in [0.717, 1.165) is 13.2 Å². The van der Waals surface area contributed by atoms with Gasteiger partial charge in [-0.05, 0) is 69.8 Å². The minimum atomic E-state index is -5.41. The standard InChI is InChI=1S/C21H18.C19H3BF15.C7H14O2.C4H8O.Zr/c1-21(2,15-9-3-4-10-15)20-18-13-7-5-11-16(18)17-12-6-8-14-19(17)20;1-20(2-5(21)11(27)17(33)12(28)6(2)22,3-7(23)13(29)18(34)14(30)8(3)24)4-9(25)15(31)19(35)16(32)10(4)26;1-5(2)7(8)9-6(3)4;1-2-4-5-3-1;/h3-14H,1-2H3;1H3;6,8H,1-4H3;1-4H2;/q;-1;;;+4/p-1. The van der Waals surface area contributed by atoms with E-state index < -0.39 is 110 Å². The minimum absolute atomic E-state index is 0. The average Bonchev–Trinajstić information content (AvgIpc) is 4.15. The first-order valence-corrected chi connectivity index (χ1v) is 21.4. The van der Waals surface area contributed by atoms with E-state index in [1.807, 2.05) is 13.8 Å². The van der Waals surface area contributed by atoms with E-state index in [-0.39, 0.29) is 50.5 Å². The van der Waals surface area contributed by atoms with Crippen molar-refractivity contribution in [3.05, 3.63) is 209 Å². The SMILES string of the molecule is C1CCOC1.CC(C)([C]1[CH][CH][CH][CH]1)[C]1[C]2C=CC=C[C]2[C]2C=CC=C[C]21.CC(C)=C([O-])OC(C)C.C[B-](c1c(F)c(F)c(F)c(F)c1F)(c1c(F)c(F)c(F)c(F)c1F)c1c(F)c(F)c(F)c(F)c1F.[Zr+4]. The molecule has 1 heterocycles. The molecule has 5 aliphatic rings. The average molecular weight is 1090 g/mol. The van der Waals surface area contributed by atoms with Gasteiger partial charge in [0.25, 0.3) is 0 Å². The fourth-order valence-electron chi connectivity index (χ4n) is 8.29. The molecular weight excluding hydrogens is 1050 g/mol. The largest absolute Gasteiger partial charge is 4.00 e. The molecule has 374 valence electrons. The molecular formula is C51H42BF15O3Zr+2. The third-order valence-electron chi connectivity index (χ3n) is 11.7. The van der Waals surface area contributed by atoms with Crippen LogP contribution < -0.4 is 21.5 Å². The van der Waals surface area contributed by atoms with Crippen LogP contribution in [0, 0.1) is 154 Å². The molecule has 3 fully saturated rings. The van der Waals surface area contributed by atoms with E-state index in [4.69, 9.17) is 9.47 Å². The molecule has 2 saturated carbocycles. The fourth-order valence-corrected chi connectivity index (χ4v) is 8.29. The number of ether oxygens (including phenoxy) is 2. The molecule has 0 unspecified atom stereocenters. The molecule has 0 N–H and O–H groups in total. The van der Waals surface area contributed by atoms with Gasteiger partial charge in [-0.3, -0.25) is 0 Å². The molecule has 1 aliphatic heterocycles. The van der Waals surface area contributed by atoms with Gasteiger partial charge in [-0.25, -0.2) is 65.9 Å². The Balaban J connectivity index is 0.000000253. The van der Waals surface area contributed by atoms with Gasteiger partial charge in [-0.2, -0.15) is 6.82 Å². The summed E-state index contributed by atoms with van der Waals surface area (Å²) in [6.45, 7) is 13.6. The molecule has 20 heteroatoms. The summed E-state index contributed by atoms with van der Waals surface area (Å²) in [7, 11) is 0. The Bertz CT molecular complexity index is 2280. The van der Waals surface area contributed by atoms with Gasteiger partial charge in [0, 0.05) is 42.8 Å². The molecule has 8 rings (SSSR count). The summed E-state index contributed by atoms with van der Waals surface area (Å²) in [6.07, 6.45) is 23.4. The summed E-state index contributed by atoms with van der Waals surface area (Å²) in [5.74, 6) is -37.0. The first-order valence-electron chi connectivity index (χ1n) is 21.4. The van der Waals surface area contributed by atoms with Crippen LogP contribution in [0.4, 0.5) is 65.9 Å². The van der Waals surface area contributed by atoms with Crippen LogP contribution in [0.15, 0.2) is 60.1 Å². The Hall–Kier alpha value is -4.18. The summed E-state index contributed by atoms with van der Waals surface area (Å²) in [6, 6.07) is 0. The summed E-state index contributed by atoms with van der Waals surface area (Å²) >= 11 is 0. The zero-order valence-corrected chi connectivity index (χ0v) is 41.3. The molecule has 0 bridgehead atoms. The number of hydrogen-bond donors (Lipinski definition) is 0. The molecule has 1 saturated heterocycles. The molecule has 4 aliphatic carbocycles. The van der Waals surface area contributed by atoms with E-state index in [9.17, 15) is 71.0 Å². The normalized spacial score (nSPS) is 17.3. The molecule has 0 aromatic heterocycles. The van der Waals surface area contributed by atoms with Gasteiger partial charge in [0.15, 0.2) is 52.4 Å². The maximum absolute atomic E-state index is 14.6. The van der Waals surface area contributed by atoms with Crippen LogP contribution in [0.25, 0.3) is 0 Å². The van der Waals surface area contributed by atoms with Crippen molar-refractivity contribution < 1.29 is 107 Å². The predicted octanol–water partition coefficient (Wildman–Crippen LogP) is 11.2. The molecule has 3 aromatic rings. The second kappa shape index (κ2) is 24.2. The van der Waals surface area contributed by atoms with Gasteiger partial charge >= 0.3 is 26.2 Å². The topological polar surface area (TPSA) is 41.5 Å². The fraction of sp³-hybridized carbons (Fsp3) is 0.255. The van der Waals surface area contributed by atoms with Crippen LogP contribution in [-0.4, -0.2) is 25.5 Å². The van der Waals surface area contributed by atoms with Crippen LogP contribution >= 0.6 is 0 Å². The minimum Gasteiger partial charge on any atom is -0.611 e. The second-order valence-electron chi connectivity index (χ2n) is 17.3. The number of hydrogen-bond acceptors (Lipinski definition) is 3. The number of fused-ring (bicyclic) bond motifs is 3. The van der Waals surface area contributed by atoms with Crippen LogP contribution in [0.2, 0.25) is 6.82 Å². The maximum atomic E-state index is 14.6. The quantitative estimate of drug-likeness (QED) is 0.0778. The van der Waals surface area contributed by atoms with Crippen molar-refractivity contribution in [1.82, 2.24) is 0 Å². The Morgan fingerprint density at radius 2 is 0.803 bits per heavy atom. The van der Waals surface area contributed by atoms with Crippen molar-refractivity contribution in [3.63, 3.8) is 0 Å². The van der Waals surface area contributed by atoms with E-state index in [1.165, 1.54) is 48.3 Å². The van der Waals surface area contributed by atoms with E-state index in [1.54, 1.807) is 13.8 Å². The molecule has 3 nitrogen and oxygen atoms in total. The first-order chi connectivity index (χ1) is 32.8. The van der Waals surface area contributed by atoms with Gasteiger partial charge in [0.2, 0.25) is 0 Å². The van der Waals surface area contributed by atoms with E-state index in [0.29, 0.717) is 5.57 Å². The van der Waals surface area contributed by atoms with Crippen LogP contribution in [0.3, 0.4) is 0 Å². The zero-order valence-electron chi connectivity index (χ0n) is 38.8. The van der Waals surface area contributed by atoms with E-state index >= 15 is 0 Å². The zero-order chi connectivity index (χ0) is 52.3. The molecule has 0 atom stereocenters. The summed E-state index contributed by atoms with van der Waals surface area (Å²) in [4.78, 5) is 0. The van der Waals surface area contributed by atoms with Crippen LogP contribution in [0.1, 0.15) is 54.4 Å². The van der Waals surface area contributed by atoms with Crippen molar-refractivity contribution in [2.45, 2.75) is 67.3 Å². The summed E-state index contributed by atoms with van der Waals surface area (Å²) in [5.41, 5.74) is -7.19. The summed E-state index contributed by atoms with van der Waals surface area (Å²) < 4.78 is 221. The Kier molecular flexibility index (Phi) is 20.3. The van der Waals surface area contributed by atoms with Gasteiger partial charge in [0.05, 0.1) is 5.95 Å². The molecule has 0 spiro atoms. The van der Waals surface area contributed by atoms with Gasteiger partial charge < -0.3 is 14.6 Å². The van der Waals surface area contributed by atoms with Crippen molar-refractivity contribution in [2.75, 3.05) is 13.2 Å². The second-order valence-corrected chi connectivity index (χ2v) is 17.3. The Morgan fingerprint density at radius 3 is 1.04 bits per heavy atom. The number of rotatable bonds is 7. The number of halogens is 15. The third-order valence-corrected chi connectivity index (χ3v) is 11.7. The van der Waals surface area contributed by atoms with Crippen LogP contribution in [-0.2, 0) is 35.7 Å². The predicted molar refractivity (Wildman–Crippen MR) is 231 cm³/mol. The Morgan fingerprint density at radius 1 is 0.521 bits per heavy atom. The van der Waals surface area contributed by atoms with Crippen molar-refractivity contribution in [3.8, 4) is 0 Å². The summed E-state index contributed by atoms with van der Waals surface area (Å²) in [5, 5.41) is 10.7. The van der Waals surface area contributed by atoms with Crippen molar-refractivity contribution in [2.24, 2.45) is 5.41 Å². The van der Waals surface area contributed by atoms with E-state index in [2.05, 4.69) is 88.1 Å². The van der Waals surface area contributed by atoms with Gasteiger partial charge in [-0.15, -0.1) is 16.4 Å². The van der Waals surface area contributed by atoms with Gasteiger partial charge in [0.1, 0.15) is 41.0 Å². The van der Waals surface area contributed by atoms with Gasteiger partial charge in [-0.1, -0.05) is 81.9 Å². The molecule has 0 amide bonds. The molecule has 3 aromatic carbocycles. The van der Waals surface area contributed by atoms with Crippen LogP contribution in [0.5, 0.6) is 0 Å². The molecule has 10 radical (unpaired) electrons. The monoisotopic (exact) mass is 1090 g/mol.